The van der Waals surface area contributed by atoms with Gasteiger partial charge in [0.1, 0.15) is 0 Å². The molecule has 0 N–H and O–H groups in total. The van der Waals surface area contributed by atoms with Crippen LogP contribution in [0, 0.1) is 0 Å². The SMILES string of the molecule is CCN(CC)S(=O)(=O)c1ccc(-c2csc(N3N=C(c4cccs4)C[C@H]3c3ccc(OC)c(OC)c3)n2)cc1. The van der Waals surface area contributed by atoms with Gasteiger partial charge >= 0.3 is 0 Å². The highest BCUT2D eigenvalue weighted by atomic mass is 32.2. The standard InChI is InChI=1S/C28H30N4O4S3/c1-5-31(6-2)39(33,34)21-12-9-19(10-13-21)23-18-38-28(29-23)32-24(17-22(30-32)27-8-7-15-37-27)20-11-14-25(35-3)26(16-20)36-4/h7-16,18,24H,5-6,17H2,1-4H3/t24-/m0/s1. The molecule has 204 valence electrons. The first-order valence-corrected chi connectivity index (χ1v) is 15.8. The van der Waals surface area contributed by atoms with Gasteiger partial charge in [-0.05, 0) is 41.3 Å². The molecule has 5 rings (SSSR count). The Bertz CT molecular complexity index is 1560. The normalized spacial score (nSPS) is 15.6. The fourth-order valence-electron chi connectivity index (χ4n) is 4.61. The minimum absolute atomic E-state index is 0.0671. The van der Waals surface area contributed by atoms with Crippen molar-refractivity contribution in [1.29, 1.82) is 0 Å². The van der Waals surface area contributed by atoms with Crippen molar-refractivity contribution in [2.75, 3.05) is 32.3 Å². The van der Waals surface area contributed by atoms with Crippen molar-refractivity contribution in [2.24, 2.45) is 5.10 Å². The van der Waals surface area contributed by atoms with Crippen molar-refractivity contribution in [3.8, 4) is 22.8 Å². The number of sulfonamides is 1. The lowest BCUT2D eigenvalue weighted by molar-refractivity contribution is 0.354. The molecule has 0 fully saturated rings. The van der Waals surface area contributed by atoms with E-state index in [1.165, 1.54) is 15.6 Å². The van der Waals surface area contributed by atoms with Gasteiger partial charge in [-0.25, -0.2) is 18.4 Å². The van der Waals surface area contributed by atoms with E-state index in [1.807, 2.05) is 60.6 Å². The van der Waals surface area contributed by atoms with Gasteiger partial charge in [0.2, 0.25) is 15.2 Å². The summed E-state index contributed by atoms with van der Waals surface area (Å²) in [6, 6.07) is 16.9. The molecule has 11 heteroatoms. The zero-order valence-corrected chi connectivity index (χ0v) is 24.6. The van der Waals surface area contributed by atoms with E-state index >= 15 is 0 Å². The maximum Gasteiger partial charge on any atom is 0.243 e. The number of rotatable bonds is 10. The molecule has 0 saturated heterocycles. The number of hydrogen-bond acceptors (Lipinski definition) is 9. The first kappa shape index (κ1) is 27.3. The molecule has 1 atom stereocenters. The monoisotopic (exact) mass is 582 g/mol. The Balaban J connectivity index is 1.47. The van der Waals surface area contributed by atoms with Gasteiger partial charge in [0.25, 0.3) is 0 Å². The molecule has 2 aromatic carbocycles. The second-order valence-corrected chi connectivity index (χ2v) is 12.6. The van der Waals surface area contributed by atoms with Crippen LogP contribution in [0.1, 0.15) is 36.8 Å². The number of methoxy groups -OCH3 is 2. The quantitative estimate of drug-likeness (QED) is 0.219. The van der Waals surface area contributed by atoms with Crippen LogP contribution in [0.4, 0.5) is 5.13 Å². The van der Waals surface area contributed by atoms with Crippen LogP contribution >= 0.6 is 22.7 Å². The van der Waals surface area contributed by atoms with E-state index < -0.39 is 10.0 Å². The van der Waals surface area contributed by atoms with E-state index in [9.17, 15) is 8.42 Å². The molecule has 39 heavy (non-hydrogen) atoms. The summed E-state index contributed by atoms with van der Waals surface area (Å²) in [5.41, 5.74) is 3.67. The average molecular weight is 583 g/mol. The van der Waals surface area contributed by atoms with Crippen LogP contribution in [0.5, 0.6) is 11.5 Å². The molecule has 0 spiro atoms. The number of hydrogen-bond donors (Lipinski definition) is 0. The Morgan fingerprint density at radius 3 is 2.38 bits per heavy atom. The molecule has 0 radical (unpaired) electrons. The predicted molar refractivity (Wildman–Crippen MR) is 158 cm³/mol. The lowest BCUT2D eigenvalue weighted by Gasteiger charge is -2.22. The summed E-state index contributed by atoms with van der Waals surface area (Å²) >= 11 is 3.17. The summed E-state index contributed by atoms with van der Waals surface area (Å²) in [6.45, 7) is 4.54. The molecule has 8 nitrogen and oxygen atoms in total. The highest BCUT2D eigenvalue weighted by Gasteiger charge is 2.33. The fourth-order valence-corrected chi connectivity index (χ4v) is 7.62. The van der Waals surface area contributed by atoms with E-state index in [0.717, 1.165) is 39.0 Å². The topological polar surface area (TPSA) is 84.3 Å². The number of nitrogens with zero attached hydrogens (tertiary/aromatic N) is 4. The van der Waals surface area contributed by atoms with Gasteiger partial charge in [0.05, 0.1) is 41.4 Å². The zero-order chi connectivity index (χ0) is 27.6. The molecule has 0 amide bonds. The van der Waals surface area contributed by atoms with E-state index in [-0.39, 0.29) is 10.9 Å². The third kappa shape index (κ3) is 5.31. The molecule has 3 heterocycles. The molecule has 4 aromatic rings. The third-order valence-electron chi connectivity index (χ3n) is 6.69. The summed E-state index contributed by atoms with van der Waals surface area (Å²) in [7, 11) is -0.256. The Hall–Kier alpha value is -3.25. The summed E-state index contributed by atoms with van der Waals surface area (Å²) in [5, 5.41) is 11.8. The number of thiophene rings is 1. The van der Waals surface area contributed by atoms with Gasteiger partial charge in [0.15, 0.2) is 11.5 Å². The second-order valence-electron chi connectivity index (χ2n) is 8.83. The van der Waals surface area contributed by atoms with E-state index in [0.29, 0.717) is 24.6 Å². The zero-order valence-electron chi connectivity index (χ0n) is 22.2. The summed E-state index contributed by atoms with van der Waals surface area (Å²) in [5.74, 6) is 1.34. The first-order chi connectivity index (χ1) is 18.9. The van der Waals surface area contributed by atoms with Crippen molar-refractivity contribution in [3.05, 3.63) is 75.8 Å². The highest BCUT2D eigenvalue weighted by molar-refractivity contribution is 7.89. The van der Waals surface area contributed by atoms with Crippen LogP contribution in [-0.4, -0.2) is 50.7 Å². The minimum Gasteiger partial charge on any atom is -0.493 e. The summed E-state index contributed by atoms with van der Waals surface area (Å²) < 4.78 is 38.2. The number of aromatic nitrogens is 1. The fraction of sp³-hybridized carbons (Fsp3) is 0.286. The Kier molecular flexibility index (Phi) is 8.03. The second kappa shape index (κ2) is 11.5. The van der Waals surface area contributed by atoms with E-state index in [1.54, 1.807) is 37.7 Å². The van der Waals surface area contributed by atoms with Crippen molar-refractivity contribution >= 4 is 43.5 Å². The summed E-state index contributed by atoms with van der Waals surface area (Å²) in [4.78, 5) is 6.33. The Morgan fingerprint density at radius 2 is 1.74 bits per heavy atom. The lowest BCUT2D eigenvalue weighted by Crippen LogP contribution is -2.30. The number of ether oxygens (including phenoxy) is 2. The number of thiazole rings is 1. The predicted octanol–water partition coefficient (Wildman–Crippen LogP) is 6.28. The molecule has 0 saturated carbocycles. The van der Waals surface area contributed by atoms with Crippen molar-refractivity contribution in [2.45, 2.75) is 31.2 Å². The van der Waals surface area contributed by atoms with Crippen molar-refractivity contribution in [1.82, 2.24) is 9.29 Å². The van der Waals surface area contributed by atoms with Crippen LogP contribution < -0.4 is 14.5 Å². The van der Waals surface area contributed by atoms with Crippen LogP contribution in [0.3, 0.4) is 0 Å². The van der Waals surface area contributed by atoms with Gasteiger partial charge in [-0.1, -0.05) is 38.1 Å². The minimum atomic E-state index is -3.51. The van der Waals surface area contributed by atoms with Gasteiger partial charge in [-0.3, -0.25) is 0 Å². The highest BCUT2D eigenvalue weighted by Crippen LogP contribution is 2.42. The van der Waals surface area contributed by atoms with Gasteiger partial charge in [-0.15, -0.1) is 22.7 Å². The third-order valence-corrected chi connectivity index (χ3v) is 10.5. The smallest absolute Gasteiger partial charge is 0.243 e. The first-order valence-electron chi connectivity index (χ1n) is 12.6. The van der Waals surface area contributed by atoms with Crippen LogP contribution in [0.25, 0.3) is 11.3 Å². The van der Waals surface area contributed by atoms with Crippen molar-refractivity contribution < 1.29 is 17.9 Å². The van der Waals surface area contributed by atoms with Gasteiger partial charge in [0, 0.05) is 30.5 Å². The van der Waals surface area contributed by atoms with E-state index in [2.05, 4.69) is 11.4 Å². The van der Waals surface area contributed by atoms with Gasteiger partial charge < -0.3 is 9.47 Å². The number of benzene rings is 2. The molecular weight excluding hydrogens is 553 g/mol. The Labute approximate surface area is 237 Å². The molecule has 1 aliphatic heterocycles. The maximum atomic E-state index is 12.9. The largest absolute Gasteiger partial charge is 0.493 e. The number of anilines is 1. The van der Waals surface area contributed by atoms with Crippen LogP contribution in [0.15, 0.2) is 75.4 Å². The molecule has 0 unspecified atom stereocenters. The van der Waals surface area contributed by atoms with E-state index in [4.69, 9.17) is 19.6 Å². The number of hydrazone groups is 1. The molecule has 2 aromatic heterocycles. The van der Waals surface area contributed by atoms with Crippen molar-refractivity contribution in [3.63, 3.8) is 0 Å². The average Bonchev–Trinajstić information content (AvgIpc) is 3.74. The Morgan fingerprint density at radius 1 is 1.00 bits per heavy atom. The molecule has 0 aliphatic carbocycles. The molecule has 0 bridgehead atoms. The molecular formula is C28H30N4O4S3. The molecule has 1 aliphatic rings. The summed E-state index contributed by atoms with van der Waals surface area (Å²) in [6.07, 6.45) is 0.725. The lowest BCUT2D eigenvalue weighted by atomic mass is 10.0. The van der Waals surface area contributed by atoms with Crippen LogP contribution in [-0.2, 0) is 10.0 Å². The maximum absolute atomic E-state index is 12.9. The van der Waals surface area contributed by atoms with Crippen LogP contribution in [0.2, 0.25) is 0 Å². The van der Waals surface area contributed by atoms with Gasteiger partial charge in [-0.2, -0.15) is 9.41 Å².